The van der Waals surface area contributed by atoms with Crippen molar-refractivity contribution in [3.8, 4) is 11.5 Å². The van der Waals surface area contributed by atoms with Gasteiger partial charge in [-0.1, -0.05) is 18.2 Å². The van der Waals surface area contributed by atoms with Gasteiger partial charge in [-0.2, -0.15) is 0 Å². The molecule has 1 aliphatic carbocycles. The van der Waals surface area contributed by atoms with E-state index >= 15 is 0 Å². The van der Waals surface area contributed by atoms with Crippen LogP contribution in [0.3, 0.4) is 0 Å². The van der Waals surface area contributed by atoms with E-state index in [9.17, 15) is 0 Å². The Morgan fingerprint density at radius 3 is 2.30 bits per heavy atom. The van der Waals surface area contributed by atoms with Gasteiger partial charge in [0.25, 0.3) is 0 Å². The molecule has 0 aromatic heterocycles. The van der Waals surface area contributed by atoms with Crippen LogP contribution in [-0.4, -0.2) is 6.54 Å². The number of benzene rings is 2. The first kappa shape index (κ1) is 13.2. The number of aryl methyl sites for hydroxylation is 2. The van der Waals surface area contributed by atoms with Gasteiger partial charge < -0.3 is 10.5 Å². The molecule has 1 aliphatic rings. The normalized spacial score (nSPS) is 13.8. The van der Waals surface area contributed by atoms with Crippen LogP contribution in [-0.2, 0) is 19.3 Å². The predicted octanol–water partition coefficient (Wildman–Crippen LogP) is 3.86. The fourth-order valence-corrected chi connectivity index (χ4v) is 2.80. The molecule has 0 bridgehead atoms. The summed E-state index contributed by atoms with van der Waals surface area (Å²) in [4.78, 5) is 0. The highest BCUT2D eigenvalue weighted by atomic mass is 16.5. The minimum atomic E-state index is 0.686. The molecule has 3 rings (SSSR count). The van der Waals surface area contributed by atoms with E-state index in [0.29, 0.717) is 6.54 Å². The summed E-state index contributed by atoms with van der Waals surface area (Å²) in [7, 11) is 0. The van der Waals surface area contributed by atoms with Crippen LogP contribution in [0.15, 0.2) is 42.5 Å². The number of rotatable bonds is 4. The summed E-state index contributed by atoms with van der Waals surface area (Å²) in [6.45, 7) is 0.686. The molecule has 0 heterocycles. The Kier molecular flexibility index (Phi) is 4.03. The van der Waals surface area contributed by atoms with E-state index in [0.717, 1.165) is 17.9 Å². The van der Waals surface area contributed by atoms with Crippen LogP contribution in [0.1, 0.15) is 29.5 Å². The van der Waals surface area contributed by atoms with E-state index in [1.807, 2.05) is 12.1 Å². The Hall–Kier alpha value is -1.80. The lowest BCUT2D eigenvalue weighted by atomic mass is 9.92. The van der Waals surface area contributed by atoms with Crippen molar-refractivity contribution >= 4 is 0 Å². The predicted molar refractivity (Wildman–Crippen MR) is 82.4 cm³/mol. The molecule has 2 aromatic rings. The SMILES string of the molecule is NCCc1ccc(Oc2ccc3c(c2)CCCC3)cc1. The van der Waals surface area contributed by atoms with Gasteiger partial charge in [-0.3, -0.25) is 0 Å². The lowest BCUT2D eigenvalue weighted by molar-refractivity contribution is 0.480. The quantitative estimate of drug-likeness (QED) is 0.913. The van der Waals surface area contributed by atoms with Crippen molar-refractivity contribution < 1.29 is 4.74 Å². The van der Waals surface area contributed by atoms with Crippen molar-refractivity contribution in [1.29, 1.82) is 0 Å². The number of hydrogen-bond acceptors (Lipinski definition) is 2. The van der Waals surface area contributed by atoms with Crippen LogP contribution in [0.2, 0.25) is 0 Å². The third-order valence-corrected chi connectivity index (χ3v) is 3.91. The molecule has 0 amide bonds. The van der Waals surface area contributed by atoms with E-state index in [4.69, 9.17) is 10.5 Å². The summed E-state index contributed by atoms with van der Waals surface area (Å²) in [6.07, 6.45) is 5.92. The lowest BCUT2D eigenvalue weighted by Gasteiger charge is -2.16. The van der Waals surface area contributed by atoms with E-state index < -0.39 is 0 Å². The standard InChI is InChI=1S/C18H21NO/c19-12-11-14-5-8-17(9-6-14)20-18-10-7-15-3-1-2-4-16(15)13-18/h5-10,13H,1-4,11-12,19H2. The minimum Gasteiger partial charge on any atom is -0.457 e. The number of ether oxygens (including phenoxy) is 1. The number of nitrogens with two attached hydrogens (primary N) is 1. The molecule has 0 saturated carbocycles. The van der Waals surface area contributed by atoms with Crippen molar-refractivity contribution in [2.24, 2.45) is 5.73 Å². The van der Waals surface area contributed by atoms with Gasteiger partial charge in [-0.15, -0.1) is 0 Å². The lowest BCUT2D eigenvalue weighted by Crippen LogP contribution is -2.02. The highest BCUT2D eigenvalue weighted by Crippen LogP contribution is 2.28. The Morgan fingerprint density at radius 2 is 1.55 bits per heavy atom. The summed E-state index contributed by atoms with van der Waals surface area (Å²) in [5.74, 6) is 1.83. The first-order chi connectivity index (χ1) is 9.85. The first-order valence-corrected chi connectivity index (χ1v) is 7.44. The molecule has 0 unspecified atom stereocenters. The highest BCUT2D eigenvalue weighted by Gasteiger charge is 2.10. The topological polar surface area (TPSA) is 35.2 Å². The molecule has 0 aliphatic heterocycles. The fourth-order valence-electron chi connectivity index (χ4n) is 2.80. The van der Waals surface area contributed by atoms with E-state index in [2.05, 4.69) is 30.3 Å². The molecule has 0 radical (unpaired) electrons. The molecule has 0 atom stereocenters. The summed E-state index contributed by atoms with van der Waals surface area (Å²) in [5.41, 5.74) is 9.75. The smallest absolute Gasteiger partial charge is 0.127 e. The summed E-state index contributed by atoms with van der Waals surface area (Å²) in [5, 5.41) is 0. The molecular weight excluding hydrogens is 246 g/mol. The van der Waals surface area contributed by atoms with Gasteiger partial charge in [-0.25, -0.2) is 0 Å². The van der Waals surface area contributed by atoms with Crippen LogP contribution >= 0.6 is 0 Å². The summed E-state index contributed by atoms with van der Waals surface area (Å²) in [6, 6.07) is 14.7. The van der Waals surface area contributed by atoms with Crippen molar-refractivity contribution in [3.63, 3.8) is 0 Å². The highest BCUT2D eigenvalue weighted by molar-refractivity contribution is 5.40. The molecular formula is C18H21NO. The zero-order chi connectivity index (χ0) is 13.8. The molecule has 2 heteroatoms. The molecule has 2 N–H and O–H groups in total. The van der Waals surface area contributed by atoms with Crippen molar-refractivity contribution in [3.05, 3.63) is 59.2 Å². The fraction of sp³-hybridized carbons (Fsp3) is 0.333. The second-order valence-electron chi connectivity index (χ2n) is 5.42. The number of hydrogen-bond donors (Lipinski definition) is 1. The largest absolute Gasteiger partial charge is 0.457 e. The monoisotopic (exact) mass is 267 g/mol. The zero-order valence-corrected chi connectivity index (χ0v) is 11.8. The second kappa shape index (κ2) is 6.10. The first-order valence-electron chi connectivity index (χ1n) is 7.44. The Balaban J connectivity index is 1.73. The molecule has 0 spiro atoms. The van der Waals surface area contributed by atoms with Gasteiger partial charge in [-0.05, 0) is 79.6 Å². The average molecular weight is 267 g/mol. The van der Waals surface area contributed by atoms with E-state index in [-0.39, 0.29) is 0 Å². The third kappa shape index (κ3) is 3.02. The Labute approximate surface area is 120 Å². The van der Waals surface area contributed by atoms with Crippen LogP contribution in [0.4, 0.5) is 0 Å². The molecule has 2 nitrogen and oxygen atoms in total. The second-order valence-corrected chi connectivity index (χ2v) is 5.42. The Morgan fingerprint density at radius 1 is 0.850 bits per heavy atom. The van der Waals surface area contributed by atoms with Gasteiger partial charge in [0.15, 0.2) is 0 Å². The maximum Gasteiger partial charge on any atom is 0.127 e. The van der Waals surface area contributed by atoms with Gasteiger partial charge in [0, 0.05) is 0 Å². The zero-order valence-electron chi connectivity index (χ0n) is 11.8. The molecule has 20 heavy (non-hydrogen) atoms. The van der Waals surface area contributed by atoms with Crippen molar-refractivity contribution in [1.82, 2.24) is 0 Å². The molecule has 2 aromatic carbocycles. The third-order valence-electron chi connectivity index (χ3n) is 3.91. The summed E-state index contributed by atoms with van der Waals surface area (Å²) < 4.78 is 5.95. The van der Waals surface area contributed by atoms with Gasteiger partial charge >= 0.3 is 0 Å². The van der Waals surface area contributed by atoms with Crippen LogP contribution < -0.4 is 10.5 Å². The van der Waals surface area contributed by atoms with Crippen molar-refractivity contribution in [2.45, 2.75) is 32.1 Å². The van der Waals surface area contributed by atoms with E-state index in [1.54, 1.807) is 0 Å². The molecule has 0 fully saturated rings. The number of fused-ring (bicyclic) bond motifs is 1. The molecule has 104 valence electrons. The van der Waals surface area contributed by atoms with Crippen molar-refractivity contribution in [2.75, 3.05) is 6.54 Å². The van der Waals surface area contributed by atoms with Crippen LogP contribution in [0, 0.1) is 0 Å². The maximum absolute atomic E-state index is 5.95. The Bertz CT molecular complexity index is 574. The van der Waals surface area contributed by atoms with Crippen LogP contribution in [0.25, 0.3) is 0 Å². The average Bonchev–Trinajstić information content (AvgIpc) is 2.49. The molecule has 0 saturated heterocycles. The van der Waals surface area contributed by atoms with Gasteiger partial charge in [0.05, 0.1) is 0 Å². The van der Waals surface area contributed by atoms with Gasteiger partial charge in [0.1, 0.15) is 11.5 Å². The maximum atomic E-state index is 5.95. The van der Waals surface area contributed by atoms with E-state index in [1.165, 1.54) is 42.4 Å². The van der Waals surface area contributed by atoms with Crippen LogP contribution in [0.5, 0.6) is 11.5 Å². The summed E-state index contributed by atoms with van der Waals surface area (Å²) >= 11 is 0. The minimum absolute atomic E-state index is 0.686. The van der Waals surface area contributed by atoms with Gasteiger partial charge in [0.2, 0.25) is 0 Å².